The van der Waals surface area contributed by atoms with Crippen LogP contribution in [0.3, 0.4) is 0 Å². The van der Waals surface area contributed by atoms with E-state index in [-0.39, 0.29) is 4.99 Å². The fourth-order valence-electron chi connectivity index (χ4n) is 2.62. The van der Waals surface area contributed by atoms with Crippen LogP contribution in [0.15, 0.2) is 0 Å². The smallest absolute Gasteiger partial charge is 0.126 e. The first-order valence-electron chi connectivity index (χ1n) is 6.30. The molecule has 0 radical (unpaired) electrons. The van der Waals surface area contributed by atoms with E-state index < -0.39 is 37.1 Å². The molecule has 2 heterocycles. The standard InChI is InChI=1S/C11H20N2O5S/c12-11(19)10-7(13-1-3-17-4-2-13)9(16)8(15)6(5-14)18-10/h6-10,14-16H,1-5H2,(H2,12,19)/t6-,7-,8-,9-,10+/m1/s1. The van der Waals surface area contributed by atoms with Gasteiger partial charge in [0.15, 0.2) is 0 Å². The van der Waals surface area contributed by atoms with Crippen LogP contribution in [0.25, 0.3) is 0 Å². The molecule has 0 aromatic heterocycles. The van der Waals surface area contributed by atoms with E-state index in [4.69, 9.17) is 32.5 Å². The van der Waals surface area contributed by atoms with Gasteiger partial charge in [0.1, 0.15) is 29.4 Å². The number of aliphatic hydroxyl groups is 3. The monoisotopic (exact) mass is 292 g/mol. The van der Waals surface area contributed by atoms with Crippen LogP contribution >= 0.6 is 12.2 Å². The van der Waals surface area contributed by atoms with Crippen LogP contribution in [-0.4, -0.2) is 88.6 Å². The molecule has 7 nitrogen and oxygen atoms in total. The minimum atomic E-state index is -1.16. The molecule has 0 aromatic carbocycles. The summed E-state index contributed by atoms with van der Waals surface area (Å²) in [6.07, 6.45) is -3.80. The largest absolute Gasteiger partial charge is 0.394 e. The van der Waals surface area contributed by atoms with Gasteiger partial charge in [0.2, 0.25) is 0 Å². The summed E-state index contributed by atoms with van der Waals surface area (Å²) in [7, 11) is 0. The predicted octanol–water partition coefficient (Wildman–Crippen LogP) is -2.55. The number of rotatable bonds is 3. The van der Waals surface area contributed by atoms with E-state index in [1.54, 1.807) is 0 Å². The molecule has 0 saturated carbocycles. The van der Waals surface area contributed by atoms with Crippen molar-refractivity contribution in [3.63, 3.8) is 0 Å². The Hall–Kier alpha value is -0.350. The van der Waals surface area contributed by atoms with Crippen LogP contribution in [0.2, 0.25) is 0 Å². The normalized spacial score (nSPS) is 41.1. The van der Waals surface area contributed by atoms with Gasteiger partial charge in [-0.05, 0) is 0 Å². The fourth-order valence-corrected chi connectivity index (χ4v) is 2.81. The molecule has 110 valence electrons. The Morgan fingerprint density at radius 3 is 2.42 bits per heavy atom. The van der Waals surface area contributed by atoms with Crippen LogP contribution in [0.4, 0.5) is 0 Å². The summed E-state index contributed by atoms with van der Waals surface area (Å²) in [6, 6.07) is -0.515. The highest BCUT2D eigenvalue weighted by Crippen LogP contribution is 2.26. The summed E-state index contributed by atoms with van der Waals surface area (Å²) in [5, 5.41) is 29.4. The van der Waals surface area contributed by atoms with Crippen LogP contribution < -0.4 is 5.73 Å². The maximum atomic E-state index is 10.3. The summed E-state index contributed by atoms with van der Waals surface area (Å²) >= 11 is 4.97. The molecule has 2 saturated heterocycles. The van der Waals surface area contributed by atoms with Crippen molar-refractivity contribution in [1.82, 2.24) is 4.90 Å². The zero-order valence-corrected chi connectivity index (χ0v) is 11.3. The lowest BCUT2D eigenvalue weighted by molar-refractivity contribution is -0.202. The topological polar surface area (TPSA) is 108 Å². The van der Waals surface area contributed by atoms with Crippen LogP contribution in [0.5, 0.6) is 0 Å². The van der Waals surface area contributed by atoms with Gasteiger partial charge < -0.3 is 30.5 Å². The Balaban J connectivity index is 2.18. The molecule has 0 spiro atoms. The quantitative estimate of drug-likeness (QED) is 0.421. The fraction of sp³-hybridized carbons (Fsp3) is 0.909. The highest BCUT2D eigenvalue weighted by atomic mass is 32.1. The lowest BCUT2D eigenvalue weighted by Gasteiger charge is -2.47. The summed E-state index contributed by atoms with van der Waals surface area (Å²) in [6.45, 7) is 1.92. The Morgan fingerprint density at radius 1 is 1.26 bits per heavy atom. The van der Waals surface area contributed by atoms with Crippen molar-refractivity contribution in [2.24, 2.45) is 5.73 Å². The highest BCUT2D eigenvalue weighted by Gasteiger charge is 2.47. The highest BCUT2D eigenvalue weighted by molar-refractivity contribution is 7.80. The molecule has 2 aliphatic rings. The SMILES string of the molecule is NC(=S)[C@H]1O[C@H](CO)[C@@H](O)[C@H](O)[C@H]1N1CCOCC1. The van der Waals surface area contributed by atoms with Gasteiger partial charge in [-0.25, -0.2) is 0 Å². The molecular weight excluding hydrogens is 272 g/mol. The molecule has 0 aromatic rings. The van der Waals surface area contributed by atoms with Gasteiger partial charge in [-0.3, -0.25) is 4.90 Å². The molecular formula is C11H20N2O5S. The Morgan fingerprint density at radius 2 is 1.89 bits per heavy atom. The van der Waals surface area contributed by atoms with Crippen molar-refractivity contribution in [3.8, 4) is 0 Å². The number of hydrogen-bond acceptors (Lipinski definition) is 7. The van der Waals surface area contributed by atoms with Crippen LogP contribution in [-0.2, 0) is 9.47 Å². The van der Waals surface area contributed by atoms with Gasteiger partial charge >= 0.3 is 0 Å². The zero-order chi connectivity index (χ0) is 14.0. The van der Waals surface area contributed by atoms with Crippen molar-refractivity contribution < 1.29 is 24.8 Å². The molecule has 5 N–H and O–H groups in total. The number of thiocarbonyl (C=S) groups is 1. The van der Waals surface area contributed by atoms with E-state index in [0.29, 0.717) is 26.3 Å². The minimum Gasteiger partial charge on any atom is -0.394 e. The first-order valence-corrected chi connectivity index (χ1v) is 6.70. The second kappa shape index (κ2) is 6.40. The van der Waals surface area contributed by atoms with E-state index in [0.717, 1.165) is 0 Å². The minimum absolute atomic E-state index is 0.112. The third kappa shape index (κ3) is 3.05. The van der Waals surface area contributed by atoms with Gasteiger partial charge in [-0.2, -0.15) is 0 Å². The van der Waals surface area contributed by atoms with Crippen molar-refractivity contribution in [2.75, 3.05) is 32.9 Å². The van der Waals surface area contributed by atoms with Crippen molar-refractivity contribution in [2.45, 2.75) is 30.5 Å². The Kier molecular flexibility index (Phi) is 5.07. The molecule has 0 aliphatic carbocycles. The molecule has 8 heteroatoms. The molecule has 0 amide bonds. The lowest BCUT2D eigenvalue weighted by atomic mass is 9.91. The number of morpholine rings is 1. The molecule has 2 rings (SSSR count). The van der Waals surface area contributed by atoms with E-state index in [1.807, 2.05) is 4.90 Å². The van der Waals surface area contributed by atoms with E-state index in [2.05, 4.69) is 0 Å². The van der Waals surface area contributed by atoms with Gasteiger partial charge in [0.25, 0.3) is 0 Å². The summed E-state index contributed by atoms with van der Waals surface area (Å²) in [5.74, 6) is 0. The third-order valence-electron chi connectivity index (χ3n) is 3.64. The first kappa shape index (κ1) is 15.0. The number of nitrogens with zero attached hydrogens (tertiary/aromatic N) is 1. The van der Waals surface area contributed by atoms with Crippen LogP contribution in [0.1, 0.15) is 0 Å². The average Bonchev–Trinajstić information content (AvgIpc) is 2.42. The van der Waals surface area contributed by atoms with Crippen molar-refractivity contribution in [3.05, 3.63) is 0 Å². The molecule has 5 atom stereocenters. The summed E-state index contributed by atoms with van der Waals surface area (Å²) < 4.78 is 10.8. The predicted molar refractivity (Wildman–Crippen MR) is 70.7 cm³/mol. The number of hydrogen-bond donors (Lipinski definition) is 4. The Bertz CT molecular complexity index is 326. The van der Waals surface area contributed by atoms with E-state index in [9.17, 15) is 10.2 Å². The van der Waals surface area contributed by atoms with Crippen molar-refractivity contribution >= 4 is 17.2 Å². The van der Waals surface area contributed by atoms with E-state index in [1.165, 1.54) is 0 Å². The molecule has 2 fully saturated rings. The number of nitrogens with two attached hydrogens (primary N) is 1. The zero-order valence-electron chi connectivity index (χ0n) is 10.5. The second-order valence-electron chi connectivity index (χ2n) is 4.80. The Labute approximate surface area is 116 Å². The average molecular weight is 292 g/mol. The maximum absolute atomic E-state index is 10.3. The van der Waals surface area contributed by atoms with Gasteiger partial charge in [0, 0.05) is 13.1 Å². The molecule has 19 heavy (non-hydrogen) atoms. The first-order chi connectivity index (χ1) is 9.06. The number of ether oxygens (including phenoxy) is 2. The van der Waals surface area contributed by atoms with Crippen molar-refractivity contribution in [1.29, 1.82) is 0 Å². The van der Waals surface area contributed by atoms with Crippen LogP contribution in [0, 0.1) is 0 Å². The van der Waals surface area contributed by atoms with Gasteiger partial charge in [0.05, 0.1) is 25.9 Å². The molecule has 0 bridgehead atoms. The van der Waals surface area contributed by atoms with Gasteiger partial charge in [-0.1, -0.05) is 12.2 Å². The second-order valence-corrected chi connectivity index (χ2v) is 5.27. The third-order valence-corrected chi connectivity index (χ3v) is 3.87. The lowest BCUT2D eigenvalue weighted by Crippen LogP contribution is -2.67. The number of aliphatic hydroxyl groups excluding tert-OH is 3. The van der Waals surface area contributed by atoms with Gasteiger partial charge in [-0.15, -0.1) is 0 Å². The molecule has 0 unspecified atom stereocenters. The molecule has 2 aliphatic heterocycles. The summed E-state index contributed by atoms with van der Waals surface area (Å²) in [4.78, 5) is 2.07. The summed E-state index contributed by atoms with van der Waals surface area (Å²) in [5.41, 5.74) is 5.66. The van der Waals surface area contributed by atoms with E-state index >= 15 is 0 Å². The maximum Gasteiger partial charge on any atom is 0.126 e.